The van der Waals surface area contributed by atoms with Gasteiger partial charge < -0.3 is 0 Å². The maximum Gasteiger partial charge on any atom is 0.445 e. The molecule has 3 nitrogen and oxygen atoms in total. The van der Waals surface area contributed by atoms with Crippen LogP contribution in [0.3, 0.4) is 0 Å². The van der Waals surface area contributed by atoms with Crippen LogP contribution in [0, 0.1) is 0 Å². The van der Waals surface area contributed by atoms with Crippen LogP contribution in [0.4, 0.5) is 13.2 Å². The molecule has 0 aromatic carbocycles. The summed E-state index contributed by atoms with van der Waals surface area (Å²) in [6.07, 6.45) is -3.10. The molecule has 1 heterocycles. The Kier molecular flexibility index (Phi) is 4.32. The zero-order valence-electron chi connectivity index (χ0n) is 7.55. The SMILES string of the molecule is O=c1sc(C(F)(F)F)nn1CCCCBr. The van der Waals surface area contributed by atoms with Gasteiger partial charge in [0.1, 0.15) is 0 Å². The first-order chi connectivity index (χ1) is 6.95. The van der Waals surface area contributed by atoms with Crippen LogP contribution in [0.1, 0.15) is 17.8 Å². The maximum atomic E-state index is 12.2. The van der Waals surface area contributed by atoms with E-state index in [1.165, 1.54) is 0 Å². The standard InChI is InChI=1S/C7H8BrF3N2OS/c8-3-1-2-4-13-6(14)15-5(12-13)7(9,10)11/h1-4H2. The zero-order valence-corrected chi connectivity index (χ0v) is 9.95. The van der Waals surface area contributed by atoms with Crippen molar-refractivity contribution in [3.8, 4) is 0 Å². The first-order valence-corrected chi connectivity index (χ1v) is 6.10. The van der Waals surface area contributed by atoms with Gasteiger partial charge in [-0.1, -0.05) is 15.9 Å². The van der Waals surface area contributed by atoms with Crippen LogP contribution in [-0.4, -0.2) is 15.1 Å². The van der Waals surface area contributed by atoms with Gasteiger partial charge in [-0.15, -0.1) is 0 Å². The predicted molar refractivity (Wildman–Crippen MR) is 54.4 cm³/mol. The number of unbranched alkanes of at least 4 members (excludes halogenated alkanes) is 1. The van der Waals surface area contributed by atoms with E-state index in [9.17, 15) is 18.0 Å². The van der Waals surface area contributed by atoms with Crippen LogP contribution in [0.2, 0.25) is 0 Å². The molecule has 0 aliphatic carbocycles. The van der Waals surface area contributed by atoms with Crippen LogP contribution in [0.5, 0.6) is 0 Å². The highest BCUT2D eigenvalue weighted by Crippen LogP contribution is 2.28. The molecular formula is C7H8BrF3N2OS. The predicted octanol–water partition coefficient (Wildman–Crippen LogP) is 2.50. The van der Waals surface area contributed by atoms with E-state index in [1.807, 2.05) is 0 Å². The number of halogens is 4. The fourth-order valence-corrected chi connectivity index (χ4v) is 1.97. The van der Waals surface area contributed by atoms with Crippen molar-refractivity contribution in [3.63, 3.8) is 0 Å². The van der Waals surface area contributed by atoms with Gasteiger partial charge >= 0.3 is 11.0 Å². The minimum atomic E-state index is -4.52. The highest BCUT2D eigenvalue weighted by molar-refractivity contribution is 9.09. The second kappa shape index (κ2) is 5.11. The van der Waals surface area contributed by atoms with Gasteiger partial charge in [0, 0.05) is 11.9 Å². The van der Waals surface area contributed by atoms with Crippen molar-refractivity contribution >= 4 is 27.3 Å². The summed E-state index contributed by atoms with van der Waals surface area (Å²) in [6.45, 7) is 0.233. The van der Waals surface area contributed by atoms with Gasteiger partial charge in [-0.2, -0.15) is 18.3 Å². The van der Waals surface area contributed by atoms with E-state index in [0.29, 0.717) is 6.42 Å². The van der Waals surface area contributed by atoms with Crippen LogP contribution in [-0.2, 0) is 12.7 Å². The number of hydrogen-bond acceptors (Lipinski definition) is 3. The molecule has 0 radical (unpaired) electrons. The smallest absolute Gasteiger partial charge is 0.255 e. The molecule has 15 heavy (non-hydrogen) atoms. The van der Waals surface area contributed by atoms with Crippen molar-refractivity contribution in [2.45, 2.75) is 25.6 Å². The summed E-state index contributed by atoms with van der Waals surface area (Å²) in [6, 6.07) is 0. The Morgan fingerprint density at radius 2 is 2.07 bits per heavy atom. The second-order valence-electron chi connectivity index (χ2n) is 2.79. The van der Waals surface area contributed by atoms with Crippen molar-refractivity contribution in [2.24, 2.45) is 0 Å². The topological polar surface area (TPSA) is 34.9 Å². The van der Waals surface area contributed by atoms with Crippen molar-refractivity contribution in [1.29, 1.82) is 0 Å². The highest BCUT2D eigenvalue weighted by Gasteiger charge is 2.36. The monoisotopic (exact) mass is 304 g/mol. The van der Waals surface area contributed by atoms with E-state index in [0.717, 1.165) is 16.4 Å². The molecular weight excluding hydrogens is 297 g/mol. The molecule has 1 aromatic rings. The van der Waals surface area contributed by atoms with E-state index < -0.39 is 16.1 Å². The number of alkyl halides is 4. The molecule has 0 atom stereocenters. The van der Waals surface area contributed by atoms with Crippen LogP contribution >= 0.6 is 27.3 Å². The summed E-state index contributed by atoms with van der Waals surface area (Å²) in [5, 5.41) is 2.92. The molecule has 0 aliphatic heterocycles. The molecule has 1 aromatic heterocycles. The lowest BCUT2D eigenvalue weighted by atomic mass is 10.3. The Balaban J connectivity index is 2.74. The molecule has 0 bridgehead atoms. The van der Waals surface area contributed by atoms with Gasteiger partial charge in [-0.3, -0.25) is 4.79 Å². The first-order valence-electron chi connectivity index (χ1n) is 4.16. The van der Waals surface area contributed by atoms with E-state index in [2.05, 4.69) is 21.0 Å². The van der Waals surface area contributed by atoms with Crippen LogP contribution in [0.25, 0.3) is 0 Å². The van der Waals surface area contributed by atoms with E-state index in [1.54, 1.807) is 0 Å². The molecule has 0 saturated carbocycles. The lowest BCUT2D eigenvalue weighted by Crippen LogP contribution is -2.15. The number of rotatable bonds is 4. The quantitative estimate of drug-likeness (QED) is 0.633. The van der Waals surface area contributed by atoms with E-state index in [4.69, 9.17) is 0 Å². The van der Waals surface area contributed by atoms with Crippen molar-refractivity contribution in [1.82, 2.24) is 9.78 Å². The third-order valence-corrected chi connectivity index (χ3v) is 3.05. The fourth-order valence-electron chi connectivity index (χ4n) is 0.918. The Labute approximate surface area is 96.0 Å². The van der Waals surface area contributed by atoms with Gasteiger partial charge in [0.15, 0.2) is 0 Å². The second-order valence-corrected chi connectivity index (χ2v) is 4.52. The molecule has 1 rings (SSSR count). The van der Waals surface area contributed by atoms with Gasteiger partial charge in [0.25, 0.3) is 0 Å². The summed E-state index contributed by atoms with van der Waals surface area (Å²) in [5.74, 6) is 0. The van der Waals surface area contributed by atoms with Crippen LogP contribution in [0.15, 0.2) is 4.79 Å². The zero-order chi connectivity index (χ0) is 11.5. The summed E-state index contributed by atoms with van der Waals surface area (Å²) in [5.41, 5.74) is 0. The Morgan fingerprint density at radius 1 is 1.40 bits per heavy atom. The molecule has 0 unspecified atom stereocenters. The molecule has 0 aliphatic rings. The van der Waals surface area contributed by atoms with Gasteiger partial charge in [-0.05, 0) is 24.2 Å². The Hall–Kier alpha value is -0.370. The average Bonchev–Trinajstić information content (AvgIpc) is 2.48. The molecule has 8 heteroatoms. The minimum absolute atomic E-state index is 0.139. The Morgan fingerprint density at radius 3 is 2.53 bits per heavy atom. The minimum Gasteiger partial charge on any atom is -0.255 e. The molecule has 0 saturated heterocycles. The molecule has 0 amide bonds. The molecule has 86 valence electrons. The third-order valence-electron chi connectivity index (χ3n) is 1.60. The summed E-state index contributed by atoms with van der Waals surface area (Å²) in [7, 11) is 0. The van der Waals surface area contributed by atoms with Crippen molar-refractivity contribution in [2.75, 3.05) is 5.33 Å². The molecule has 0 fully saturated rings. The molecule has 0 spiro atoms. The lowest BCUT2D eigenvalue weighted by Gasteiger charge is -2.00. The summed E-state index contributed by atoms with van der Waals surface area (Å²) in [4.78, 5) is 10.4. The molecule has 0 N–H and O–H groups in total. The van der Waals surface area contributed by atoms with E-state index >= 15 is 0 Å². The number of aromatic nitrogens is 2. The van der Waals surface area contributed by atoms with E-state index in [-0.39, 0.29) is 17.9 Å². The van der Waals surface area contributed by atoms with Gasteiger partial charge in [0.05, 0.1) is 0 Å². The van der Waals surface area contributed by atoms with Crippen molar-refractivity contribution in [3.05, 3.63) is 14.7 Å². The van der Waals surface area contributed by atoms with Crippen LogP contribution < -0.4 is 4.87 Å². The number of hydrogen-bond donors (Lipinski definition) is 0. The summed E-state index contributed by atoms with van der Waals surface area (Å²) < 4.78 is 37.3. The summed E-state index contributed by atoms with van der Waals surface area (Å²) >= 11 is 3.33. The fraction of sp³-hybridized carbons (Fsp3) is 0.714. The number of nitrogens with zero attached hydrogens (tertiary/aromatic N) is 2. The average molecular weight is 305 g/mol. The highest BCUT2D eigenvalue weighted by atomic mass is 79.9. The van der Waals surface area contributed by atoms with Gasteiger partial charge in [0.2, 0.25) is 5.01 Å². The Bertz CT molecular complexity index is 373. The van der Waals surface area contributed by atoms with Gasteiger partial charge in [-0.25, -0.2) is 4.68 Å². The number of aryl methyl sites for hydroxylation is 1. The largest absolute Gasteiger partial charge is 0.445 e. The first kappa shape index (κ1) is 12.7. The lowest BCUT2D eigenvalue weighted by molar-refractivity contribution is -0.138. The van der Waals surface area contributed by atoms with Crippen molar-refractivity contribution < 1.29 is 13.2 Å². The maximum absolute atomic E-state index is 12.2. The third kappa shape index (κ3) is 3.60. The normalized spacial score (nSPS) is 12.0.